The van der Waals surface area contributed by atoms with Crippen LogP contribution in [-0.4, -0.2) is 42.1 Å². The van der Waals surface area contributed by atoms with Gasteiger partial charge < -0.3 is 24.5 Å². The van der Waals surface area contributed by atoms with E-state index in [1.807, 2.05) is 56.3 Å². The number of nitrogens with zero attached hydrogens (tertiary/aromatic N) is 2. The van der Waals surface area contributed by atoms with Crippen LogP contribution in [0.1, 0.15) is 31.4 Å². The van der Waals surface area contributed by atoms with E-state index in [9.17, 15) is 4.79 Å². The van der Waals surface area contributed by atoms with E-state index in [4.69, 9.17) is 25.9 Å². The summed E-state index contributed by atoms with van der Waals surface area (Å²) in [6, 6.07) is 13.1. The minimum atomic E-state index is -0.245. The molecule has 4 rings (SSSR count). The molecule has 0 unspecified atom stereocenters. The summed E-state index contributed by atoms with van der Waals surface area (Å²) in [6.45, 7) is 4.86. The number of benzene rings is 2. The summed E-state index contributed by atoms with van der Waals surface area (Å²) in [4.78, 5) is 20.2. The fourth-order valence-electron chi connectivity index (χ4n) is 3.41. The molecule has 0 saturated carbocycles. The number of hydrogen-bond acceptors (Lipinski definition) is 5. The highest BCUT2D eigenvalue weighted by Gasteiger charge is 2.28. The number of amides is 2. The molecule has 0 radical (unpaired) electrons. The van der Waals surface area contributed by atoms with Gasteiger partial charge in [-0.15, -0.1) is 0 Å². The lowest BCUT2D eigenvalue weighted by Crippen LogP contribution is -2.45. The Labute approximate surface area is 180 Å². The van der Waals surface area contributed by atoms with Crippen LogP contribution in [0.25, 0.3) is 0 Å². The summed E-state index contributed by atoms with van der Waals surface area (Å²) in [5, 5.41) is 7.82. The number of urea groups is 1. The van der Waals surface area contributed by atoms with Gasteiger partial charge in [-0.3, -0.25) is 0 Å². The molecule has 0 spiro atoms. The highest BCUT2D eigenvalue weighted by Crippen LogP contribution is 2.33. The zero-order chi connectivity index (χ0) is 21.1. The summed E-state index contributed by atoms with van der Waals surface area (Å²) in [7, 11) is 0. The van der Waals surface area contributed by atoms with Gasteiger partial charge in [-0.05, 0) is 43.7 Å². The zero-order valence-electron chi connectivity index (χ0n) is 16.9. The van der Waals surface area contributed by atoms with Gasteiger partial charge in [0.05, 0.1) is 12.3 Å². The fourth-order valence-corrected chi connectivity index (χ4v) is 3.60. The Hall–Kier alpha value is -2.93. The van der Waals surface area contributed by atoms with Gasteiger partial charge in [0.15, 0.2) is 17.6 Å². The predicted molar refractivity (Wildman–Crippen MR) is 114 cm³/mol. The van der Waals surface area contributed by atoms with E-state index in [-0.39, 0.29) is 25.0 Å². The van der Waals surface area contributed by atoms with Crippen molar-refractivity contribution in [3.63, 3.8) is 0 Å². The number of ether oxygens (including phenoxy) is 2. The third-order valence-corrected chi connectivity index (χ3v) is 5.25. The first-order valence-electron chi connectivity index (χ1n) is 9.91. The van der Waals surface area contributed by atoms with Crippen LogP contribution in [0.2, 0.25) is 5.02 Å². The number of carbonyl (C=O) groups excluding carboxylic acids is 1. The highest BCUT2D eigenvalue weighted by molar-refractivity contribution is 6.31. The Balaban J connectivity index is 1.44. The van der Waals surface area contributed by atoms with Gasteiger partial charge in [0, 0.05) is 29.6 Å². The molecule has 2 aromatic rings. The molecule has 0 aliphatic carbocycles. The first-order valence-corrected chi connectivity index (χ1v) is 10.3. The quantitative estimate of drug-likeness (QED) is 0.747. The van der Waals surface area contributed by atoms with Crippen molar-refractivity contribution in [1.29, 1.82) is 0 Å². The lowest BCUT2D eigenvalue weighted by atomic mass is 10.0. The van der Waals surface area contributed by atoms with Gasteiger partial charge in [0.25, 0.3) is 0 Å². The smallest absolute Gasteiger partial charge is 0.318 e. The molecule has 7 nitrogen and oxygen atoms in total. The molecule has 2 aliphatic heterocycles. The molecule has 2 amide bonds. The second-order valence-corrected chi connectivity index (χ2v) is 8.02. The van der Waals surface area contributed by atoms with Crippen molar-refractivity contribution in [2.45, 2.75) is 39.0 Å². The van der Waals surface area contributed by atoms with E-state index < -0.39 is 0 Å². The van der Waals surface area contributed by atoms with Crippen molar-refractivity contribution in [3.05, 3.63) is 58.6 Å². The molecular formula is C22H24ClN3O4. The van der Waals surface area contributed by atoms with E-state index in [0.29, 0.717) is 30.3 Å². The van der Waals surface area contributed by atoms with Crippen molar-refractivity contribution >= 4 is 23.3 Å². The molecule has 0 saturated heterocycles. The average Bonchev–Trinajstić information content (AvgIpc) is 3.37. The minimum Gasteiger partial charge on any atom is -0.454 e. The maximum absolute atomic E-state index is 12.8. The molecule has 1 N–H and O–H groups in total. The molecule has 30 heavy (non-hydrogen) atoms. The largest absolute Gasteiger partial charge is 0.454 e. The number of nitrogens with one attached hydrogen (secondary N) is 1. The minimum absolute atomic E-state index is 0.0242. The number of rotatable bonds is 6. The molecule has 0 aromatic heterocycles. The summed E-state index contributed by atoms with van der Waals surface area (Å²) < 4.78 is 10.8. The summed E-state index contributed by atoms with van der Waals surface area (Å²) >= 11 is 6.31. The number of oxime groups is 1. The summed E-state index contributed by atoms with van der Waals surface area (Å²) in [6.07, 6.45) is 0.346. The predicted octanol–water partition coefficient (Wildman–Crippen LogP) is 4.18. The standard InChI is InChI=1S/C22H24ClN3O4/c1-14(2)24-22(27)26(11-16-5-3-4-6-18(16)23)12-17-10-19(25-30-17)15-7-8-20-21(9-15)29-13-28-20/h3-9,14,17H,10-13H2,1-2H3,(H,24,27)/t17-/m0/s1. The summed E-state index contributed by atoms with van der Waals surface area (Å²) in [5.74, 6) is 1.43. The molecule has 0 bridgehead atoms. The first-order chi connectivity index (χ1) is 14.5. The van der Waals surface area contributed by atoms with Gasteiger partial charge >= 0.3 is 6.03 Å². The average molecular weight is 430 g/mol. The second kappa shape index (κ2) is 8.83. The molecule has 2 aromatic carbocycles. The van der Waals surface area contributed by atoms with Crippen LogP contribution in [0.4, 0.5) is 4.79 Å². The first kappa shape index (κ1) is 20.3. The Kier molecular flexibility index (Phi) is 5.99. The number of halogens is 1. The van der Waals surface area contributed by atoms with Crippen molar-refractivity contribution in [1.82, 2.24) is 10.2 Å². The topological polar surface area (TPSA) is 72.4 Å². The van der Waals surface area contributed by atoms with Gasteiger partial charge in [-0.25, -0.2) is 4.79 Å². The van der Waals surface area contributed by atoms with Crippen LogP contribution < -0.4 is 14.8 Å². The lowest BCUT2D eigenvalue weighted by molar-refractivity contribution is 0.0586. The third kappa shape index (κ3) is 4.62. The van der Waals surface area contributed by atoms with Crippen LogP contribution in [-0.2, 0) is 11.4 Å². The van der Waals surface area contributed by atoms with Crippen LogP contribution in [0.3, 0.4) is 0 Å². The lowest BCUT2D eigenvalue weighted by Gasteiger charge is -2.26. The maximum atomic E-state index is 12.8. The van der Waals surface area contributed by atoms with Crippen molar-refractivity contribution in [3.8, 4) is 11.5 Å². The third-order valence-electron chi connectivity index (χ3n) is 4.88. The Morgan fingerprint density at radius 3 is 2.83 bits per heavy atom. The van der Waals surface area contributed by atoms with Gasteiger partial charge in [0.2, 0.25) is 6.79 Å². The van der Waals surface area contributed by atoms with Crippen molar-refractivity contribution in [2.75, 3.05) is 13.3 Å². The normalized spacial score (nSPS) is 16.9. The van der Waals surface area contributed by atoms with Crippen LogP contribution in [0, 0.1) is 0 Å². The van der Waals surface area contributed by atoms with Crippen molar-refractivity contribution in [2.24, 2.45) is 5.16 Å². The molecule has 158 valence electrons. The van der Waals surface area contributed by atoms with Gasteiger partial charge in [0.1, 0.15) is 0 Å². The molecule has 2 heterocycles. The number of fused-ring (bicyclic) bond motifs is 1. The fraction of sp³-hybridized carbons (Fsp3) is 0.364. The van der Waals surface area contributed by atoms with E-state index in [1.165, 1.54) is 0 Å². The molecule has 8 heteroatoms. The van der Waals surface area contributed by atoms with Crippen LogP contribution >= 0.6 is 11.6 Å². The van der Waals surface area contributed by atoms with Gasteiger partial charge in [-0.1, -0.05) is 35.0 Å². The van der Waals surface area contributed by atoms with E-state index in [2.05, 4.69) is 10.5 Å². The van der Waals surface area contributed by atoms with Gasteiger partial charge in [-0.2, -0.15) is 0 Å². The van der Waals surface area contributed by atoms with E-state index >= 15 is 0 Å². The van der Waals surface area contributed by atoms with Crippen molar-refractivity contribution < 1.29 is 19.1 Å². The SMILES string of the molecule is CC(C)NC(=O)N(Cc1ccccc1Cl)C[C@@H]1CC(c2ccc3c(c2)OCO3)=NO1. The monoisotopic (exact) mass is 429 g/mol. The van der Waals surface area contributed by atoms with E-state index in [0.717, 1.165) is 22.6 Å². The molecular weight excluding hydrogens is 406 g/mol. The number of carbonyl (C=O) groups is 1. The highest BCUT2D eigenvalue weighted by atomic mass is 35.5. The van der Waals surface area contributed by atoms with E-state index in [1.54, 1.807) is 4.90 Å². The molecule has 0 fully saturated rings. The van der Waals surface area contributed by atoms with Crippen LogP contribution in [0.5, 0.6) is 11.5 Å². The number of hydrogen-bond donors (Lipinski definition) is 1. The summed E-state index contributed by atoms with van der Waals surface area (Å²) in [5.41, 5.74) is 2.62. The molecule has 2 aliphatic rings. The zero-order valence-corrected chi connectivity index (χ0v) is 17.7. The maximum Gasteiger partial charge on any atom is 0.318 e. The second-order valence-electron chi connectivity index (χ2n) is 7.61. The Morgan fingerprint density at radius 2 is 2.03 bits per heavy atom. The van der Waals surface area contributed by atoms with Crippen LogP contribution in [0.15, 0.2) is 47.6 Å². The molecule has 1 atom stereocenters. The Morgan fingerprint density at radius 1 is 1.23 bits per heavy atom. The Bertz CT molecular complexity index is 963.